The summed E-state index contributed by atoms with van der Waals surface area (Å²) in [5.41, 5.74) is 5.74. The third kappa shape index (κ3) is 2.56. The van der Waals surface area contributed by atoms with Crippen molar-refractivity contribution < 1.29 is 9.15 Å². The summed E-state index contributed by atoms with van der Waals surface area (Å²) in [6.45, 7) is 1.97. The number of aromatic nitrogens is 3. The van der Waals surface area contributed by atoms with Crippen LogP contribution in [0.25, 0.3) is 22.4 Å². The van der Waals surface area contributed by atoms with Gasteiger partial charge in [-0.1, -0.05) is 6.07 Å². The Hall–Kier alpha value is -3.59. The van der Waals surface area contributed by atoms with Crippen molar-refractivity contribution >= 4 is 10.9 Å². The van der Waals surface area contributed by atoms with Gasteiger partial charge in [-0.15, -0.1) is 0 Å². The van der Waals surface area contributed by atoms with E-state index < -0.39 is 0 Å². The summed E-state index contributed by atoms with van der Waals surface area (Å²) in [5.74, 6) is 1.40. The molecule has 2 aromatic carbocycles. The second-order valence-corrected chi connectivity index (χ2v) is 6.77. The molecule has 1 unspecified atom stereocenters. The normalized spacial score (nSPS) is 15.6. The lowest BCUT2D eigenvalue weighted by molar-refractivity contribution is 0.208. The molecule has 0 saturated carbocycles. The monoisotopic (exact) mass is 356 g/mol. The fourth-order valence-electron chi connectivity index (χ4n) is 3.73. The number of ether oxygens (including phenoxy) is 1. The van der Waals surface area contributed by atoms with E-state index in [0.717, 1.165) is 40.6 Å². The number of H-pyrrole nitrogens is 1. The van der Waals surface area contributed by atoms with Gasteiger partial charge in [0.1, 0.15) is 17.5 Å². The van der Waals surface area contributed by atoms with Crippen LogP contribution in [0.2, 0.25) is 0 Å². The van der Waals surface area contributed by atoms with E-state index in [2.05, 4.69) is 27.3 Å². The molecule has 0 amide bonds. The van der Waals surface area contributed by atoms with E-state index in [1.54, 1.807) is 6.20 Å². The number of aromatic amines is 1. The third-order valence-electron chi connectivity index (χ3n) is 5.11. The Morgan fingerprint density at radius 2 is 2.22 bits per heavy atom. The first-order valence-electron chi connectivity index (χ1n) is 8.80. The summed E-state index contributed by atoms with van der Waals surface area (Å²) in [4.78, 5) is 3.96. The van der Waals surface area contributed by atoms with E-state index in [-0.39, 0.29) is 6.10 Å². The van der Waals surface area contributed by atoms with Crippen molar-refractivity contribution in [3.8, 4) is 23.3 Å². The number of nitrogens with zero attached hydrogens (tertiary/aromatic N) is 3. The van der Waals surface area contributed by atoms with Crippen LogP contribution in [0.1, 0.15) is 34.8 Å². The Bertz CT molecular complexity index is 1190. The molecule has 132 valence electrons. The van der Waals surface area contributed by atoms with Gasteiger partial charge < -0.3 is 9.15 Å². The number of aryl methyl sites for hydroxylation is 2. The second-order valence-electron chi connectivity index (χ2n) is 6.77. The van der Waals surface area contributed by atoms with Crippen LogP contribution >= 0.6 is 0 Å². The lowest BCUT2D eigenvalue weighted by atomic mass is 10.0. The molecule has 1 aliphatic carbocycles. The lowest BCUT2D eigenvalue weighted by Crippen LogP contribution is -2.04. The van der Waals surface area contributed by atoms with Gasteiger partial charge in [-0.05, 0) is 60.7 Å². The molecule has 4 aromatic rings. The maximum atomic E-state index is 9.23. The minimum Gasteiger partial charge on any atom is -0.486 e. The molecular weight excluding hydrogens is 340 g/mol. The number of nitriles is 1. The van der Waals surface area contributed by atoms with E-state index in [1.165, 1.54) is 17.5 Å². The first-order valence-corrected chi connectivity index (χ1v) is 8.80. The summed E-state index contributed by atoms with van der Waals surface area (Å²) < 4.78 is 11.7. The molecule has 2 aromatic heterocycles. The largest absolute Gasteiger partial charge is 0.486 e. The SMILES string of the molecule is Cc1cc2c(cc1C#N)CCC2Oc1ccc2[nH]nc(-c3cnco3)c2c1. The first kappa shape index (κ1) is 15.6. The molecule has 5 rings (SSSR count). The van der Waals surface area contributed by atoms with E-state index in [1.807, 2.05) is 31.2 Å². The topological polar surface area (TPSA) is 87.7 Å². The van der Waals surface area contributed by atoms with Crippen LogP contribution in [0.15, 0.2) is 47.3 Å². The van der Waals surface area contributed by atoms with Crippen LogP contribution in [0.5, 0.6) is 5.75 Å². The van der Waals surface area contributed by atoms with Gasteiger partial charge in [0.25, 0.3) is 0 Å². The maximum absolute atomic E-state index is 9.23. The fraction of sp³-hybridized carbons (Fsp3) is 0.190. The molecule has 0 radical (unpaired) electrons. The highest BCUT2D eigenvalue weighted by atomic mass is 16.5. The van der Waals surface area contributed by atoms with Gasteiger partial charge in [0.05, 0.1) is 23.3 Å². The van der Waals surface area contributed by atoms with Crippen LogP contribution in [0.3, 0.4) is 0 Å². The number of hydrogen-bond acceptors (Lipinski definition) is 5. The number of oxazole rings is 1. The summed E-state index contributed by atoms with van der Waals surface area (Å²) in [7, 11) is 0. The Morgan fingerprint density at radius 3 is 3.04 bits per heavy atom. The van der Waals surface area contributed by atoms with Gasteiger partial charge in [0.15, 0.2) is 12.2 Å². The summed E-state index contributed by atoms with van der Waals surface area (Å²) in [6, 6.07) is 12.2. The second kappa shape index (κ2) is 5.99. The van der Waals surface area contributed by atoms with Gasteiger partial charge in [-0.25, -0.2) is 4.98 Å². The number of hydrogen-bond donors (Lipinski definition) is 1. The molecule has 0 spiro atoms. The molecule has 6 nitrogen and oxygen atoms in total. The molecule has 0 bridgehead atoms. The minimum absolute atomic E-state index is 0.00970. The highest BCUT2D eigenvalue weighted by molar-refractivity contribution is 5.92. The average Bonchev–Trinajstić information content (AvgIpc) is 3.41. The number of benzene rings is 2. The molecular formula is C21H16N4O2. The number of nitrogens with one attached hydrogen (secondary N) is 1. The molecule has 0 saturated heterocycles. The van der Waals surface area contributed by atoms with Gasteiger partial charge >= 0.3 is 0 Å². The van der Waals surface area contributed by atoms with Crippen molar-refractivity contribution in [2.45, 2.75) is 25.9 Å². The van der Waals surface area contributed by atoms with Crippen LogP contribution in [-0.4, -0.2) is 15.2 Å². The highest BCUT2D eigenvalue weighted by Gasteiger charge is 2.25. The highest BCUT2D eigenvalue weighted by Crippen LogP contribution is 2.38. The quantitative estimate of drug-likeness (QED) is 0.585. The van der Waals surface area contributed by atoms with Gasteiger partial charge in [-0.3, -0.25) is 5.10 Å². The molecule has 6 heteroatoms. The maximum Gasteiger partial charge on any atom is 0.181 e. The molecule has 1 atom stereocenters. The summed E-state index contributed by atoms with van der Waals surface area (Å²) in [6.07, 6.45) is 4.86. The van der Waals surface area contributed by atoms with Gasteiger partial charge in [0, 0.05) is 5.39 Å². The van der Waals surface area contributed by atoms with Crippen molar-refractivity contribution in [2.24, 2.45) is 0 Å². The van der Waals surface area contributed by atoms with Crippen molar-refractivity contribution in [1.82, 2.24) is 15.2 Å². The zero-order valence-corrected chi connectivity index (χ0v) is 14.7. The van der Waals surface area contributed by atoms with E-state index >= 15 is 0 Å². The van der Waals surface area contributed by atoms with Crippen LogP contribution in [0.4, 0.5) is 0 Å². The Kier molecular flexibility index (Phi) is 3.47. The third-order valence-corrected chi connectivity index (χ3v) is 5.11. The molecule has 1 aliphatic rings. The Morgan fingerprint density at radius 1 is 1.30 bits per heavy atom. The molecule has 1 N–H and O–H groups in total. The Labute approximate surface area is 155 Å². The van der Waals surface area contributed by atoms with Crippen molar-refractivity contribution in [3.05, 3.63) is 65.2 Å². The molecule has 0 aliphatic heterocycles. The standard InChI is InChI=1S/C21H16N4O2/c1-12-6-16-13(7-14(12)9-22)2-5-19(16)27-15-3-4-18-17(8-15)21(25-24-18)20-10-23-11-26-20/h3-4,6-8,10-11,19H,2,5H2,1H3,(H,24,25). The van der Waals surface area contributed by atoms with E-state index in [4.69, 9.17) is 9.15 Å². The first-order chi connectivity index (χ1) is 13.2. The fourth-order valence-corrected chi connectivity index (χ4v) is 3.73. The summed E-state index contributed by atoms with van der Waals surface area (Å²) in [5, 5.41) is 17.5. The molecule has 2 heterocycles. The predicted molar refractivity (Wildman–Crippen MR) is 99.2 cm³/mol. The zero-order valence-electron chi connectivity index (χ0n) is 14.7. The number of rotatable bonds is 3. The average molecular weight is 356 g/mol. The van der Waals surface area contributed by atoms with E-state index in [9.17, 15) is 5.26 Å². The summed E-state index contributed by atoms with van der Waals surface area (Å²) >= 11 is 0. The molecule has 27 heavy (non-hydrogen) atoms. The predicted octanol–water partition coefficient (Wildman–Crippen LogP) is 4.46. The van der Waals surface area contributed by atoms with Crippen LogP contribution in [0, 0.1) is 18.3 Å². The molecule has 0 fully saturated rings. The van der Waals surface area contributed by atoms with Crippen molar-refractivity contribution in [3.63, 3.8) is 0 Å². The van der Waals surface area contributed by atoms with Crippen LogP contribution < -0.4 is 4.74 Å². The minimum atomic E-state index is -0.00970. The van der Waals surface area contributed by atoms with Crippen molar-refractivity contribution in [2.75, 3.05) is 0 Å². The van der Waals surface area contributed by atoms with Gasteiger partial charge in [-0.2, -0.15) is 10.4 Å². The Balaban J connectivity index is 1.49. The lowest BCUT2D eigenvalue weighted by Gasteiger charge is -2.16. The zero-order chi connectivity index (χ0) is 18.4. The van der Waals surface area contributed by atoms with Gasteiger partial charge in [0.2, 0.25) is 0 Å². The van der Waals surface area contributed by atoms with Crippen LogP contribution in [-0.2, 0) is 6.42 Å². The number of fused-ring (bicyclic) bond motifs is 2. The van der Waals surface area contributed by atoms with Crippen molar-refractivity contribution in [1.29, 1.82) is 5.26 Å². The van der Waals surface area contributed by atoms with E-state index in [0.29, 0.717) is 11.5 Å². The smallest absolute Gasteiger partial charge is 0.181 e.